The Labute approximate surface area is 163 Å². The van der Waals surface area contributed by atoms with Crippen molar-refractivity contribution in [3.63, 3.8) is 0 Å². The van der Waals surface area contributed by atoms with Crippen molar-refractivity contribution in [2.45, 2.75) is 41.2 Å². The quantitative estimate of drug-likeness (QED) is 0.379. The molecule has 0 saturated heterocycles. The maximum Gasteiger partial charge on any atom is 0.418 e. The molecule has 1 aliphatic rings. The molecule has 1 fully saturated rings. The molecule has 0 bridgehead atoms. The van der Waals surface area contributed by atoms with E-state index >= 15 is 0 Å². The summed E-state index contributed by atoms with van der Waals surface area (Å²) in [6, 6.07) is 1.35. The third-order valence-corrected chi connectivity index (χ3v) is 5.93. The molecule has 13 heteroatoms. The van der Waals surface area contributed by atoms with Gasteiger partial charge in [-0.25, -0.2) is 0 Å². The van der Waals surface area contributed by atoms with E-state index in [1.165, 1.54) is 11.8 Å². The molecule has 0 atom stereocenters. The third kappa shape index (κ3) is 4.33. The molecule has 0 radical (unpaired) electrons. The molecule has 1 saturated carbocycles. The Morgan fingerprint density at radius 2 is 2.07 bits per heavy atom. The number of amides is 1. The van der Waals surface area contributed by atoms with Crippen LogP contribution in [0.2, 0.25) is 5.02 Å². The molecule has 1 amide bonds. The zero-order valence-electron chi connectivity index (χ0n) is 13.5. The predicted octanol–water partition coefficient (Wildman–Crippen LogP) is 4.79. The number of alkyl halides is 3. The molecule has 1 aromatic carbocycles. The predicted molar refractivity (Wildman–Crippen MR) is 93.3 cm³/mol. The lowest BCUT2D eigenvalue weighted by molar-refractivity contribution is -0.388. The summed E-state index contributed by atoms with van der Waals surface area (Å²) in [5.74, 6) is -0.200. The van der Waals surface area contributed by atoms with Crippen LogP contribution >= 0.6 is 34.7 Å². The topological polar surface area (TPSA) is 89.2 Å². The highest BCUT2D eigenvalue weighted by Crippen LogP contribution is 2.44. The van der Waals surface area contributed by atoms with Crippen LogP contribution < -0.4 is 4.90 Å². The molecular weight excluding hydrogens is 429 g/mol. The monoisotopic (exact) mass is 438 g/mol. The molecule has 0 unspecified atom stereocenters. The number of rotatable bonds is 5. The minimum Gasteiger partial charge on any atom is -0.284 e. The zero-order chi connectivity index (χ0) is 19.9. The smallest absolute Gasteiger partial charge is 0.284 e. The maximum absolute atomic E-state index is 12.9. The van der Waals surface area contributed by atoms with Gasteiger partial charge in [0.2, 0.25) is 11.0 Å². The number of nitro benzene ring substituents is 1. The lowest BCUT2D eigenvalue weighted by atomic mass is 10.2. The van der Waals surface area contributed by atoms with E-state index in [-0.39, 0.29) is 21.2 Å². The van der Waals surface area contributed by atoms with Gasteiger partial charge in [-0.15, -0.1) is 10.2 Å². The summed E-state index contributed by atoms with van der Waals surface area (Å²) in [6.45, 7) is 1.40. The molecule has 3 rings (SSSR count). The number of anilines is 1. The van der Waals surface area contributed by atoms with Crippen LogP contribution in [-0.2, 0) is 11.0 Å². The summed E-state index contributed by atoms with van der Waals surface area (Å²) < 4.78 is 39.0. The lowest BCUT2D eigenvalue weighted by Gasteiger charge is -2.15. The van der Waals surface area contributed by atoms with E-state index in [1.807, 2.05) is 0 Å². The van der Waals surface area contributed by atoms with Crippen LogP contribution in [0.15, 0.2) is 21.4 Å². The fraction of sp³-hybridized carbons (Fsp3) is 0.357. The van der Waals surface area contributed by atoms with Gasteiger partial charge >= 0.3 is 6.18 Å². The second-order valence-corrected chi connectivity index (χ2v) is 8.28. The van der Waals surface area contributed by atoms with Gasteiger partial charge in [-0.3, -0.25) is 19.8 Å². The number of nitrogens with zero attached hydrogens (tertiary/aromatic N) is 4. The molecule has 27 heavy (non-hydrogen) atoms. The Bertz CT molecular complexity index is 917. The molecule has 0 N–H and O–H groups in total. The Hall–Kier alpha value is -1.92. The van der Waals surface area contributed by atoms with Gasteiger partial charge in [0.05, 0.1) is 20.4 Å². The van der Waals surface area contributed by atoms with Crippen molar-refractivity contribution < 1.29 is 22.9 Å². The Morgan fingerprint density at radius 1 is 1.41 bits per heavy atom. The van der Waals surface area contributed by atoms with Gasteiger partial charge < -0.3 is 0 Å². The number of nitro groups is 1. The van der Waals surface area contributed by atoms with Crippen LogP contribution in [0.3, 0.4) is 0 Å². The van der Waals surface area contributed by atoms with E-state index in [0.29, 0.717) is 11.2 Å². The van der Waals surface area contributed by atoms with Crippen LogP contribution in [0.4, 0.5) is 24.0 Å². The highest BCUT2D eigenvalue weighted by Gasteiger charge is 2.37. The first-order chi connectivity index (χ1) is 12.6. The number of carbonyl (C=O) groups excluding carboxylic acids is 1. The number of hydrogen-bond donors (Lipinski definition) is 0. The molecule has 1 heterocycles. The van der Waals surface area contributed by atoms with E-state index < -0.39 is 27.4 Å². The van der Waals surface area contributed by atoms with E-state index in [4.69, 9.17) is 11.6 Å². The first-order valence-corrected chi connectivity index (χ1v) is 9.45. The van der Waals surface area contributed by atoms with E-state index in [0.717, 1.165) is 42.0 Å². The molecule has 1 aromatic heterocycles. The molecule has 0 spiro atoms. The van der Waals surface area contributed by atoms with Crippen molar-refractivity contribution in [2.75, 3.05) is 4.90 Å². The van der Waals surface area contributed by atoms with Crippen molar-refractivity contribution in [1.82, 2.24) is 10.2 Å². The van der Waals surface area contributed by atoms with E-state index in [1.54, 1.807) is 0 Å². The number of aromatic nitrogens is 2. The van der Waals surface area contributed by atoms with E-state index in [2.05, 4.69) is 10.2 Å². The zero-order valence-corrected chi connectivity index (χ0v) is 15.9. The highest BCUT2D eigenvalue weighted by atomic mass is 35.5. The van der Waals surface area contributed by atoms with E-state index in [9.17, 15) is 28.1 Å². The molecule has 1 aliphatic carbocycles. The van der Waals surface area contributed by atoms with Gasteiger partial charge in [0.15, 0.2) is 4.34 Å². The summed E-state index contributed by atoms with van der Waals surface area (Å²) in [5.41, 5.74) is -2.02. The summed E-state index contributed by atoms with van der Waals surface area (Å²) in [7, 11) is 0. The Morgan fingerprint density at radius 3 is 2.59 bits per heavy atom. The summed E-state index contributed by atoms with van der Waals surface area (Å²) in [4.78, 5) is 23.4. The van der Waals surface area contributed by atoms with Gasteiger partial charge in [-0.2, -0.15) is 13.2 Å². The first-order valence-electron chi connectivity index (χ1n) is 7.44. The summed E-state index contributed by atoms with van der Waals surface area (Å²) >= 11 is 7.46. The number of carbonyl (C=O) groups is 1. The normalized spacial score (nSPS) is 14.3. The van der Waals surface area contributed by atoms with Crippen LogP contribution in [0.1, 0.15) is 25.3 Å². The standard InChI is InChI=1S/C14H10ClF3N4O3S2/c1-6(23)21(7-2-3-7)12-19-20-13(27-12)26-11-5-9(15)8(14(16,17)18)4-10(11)22(24)25/h4-5,7H,2-3H2,1H3. The van der Waals surface area contributed by atoms with Crippen LogP contribution in [0.5, 0.6) is 0 Å². The van der Waals surface area contributed by atoms with Gasteiger partial charge in [0, 0.05) is 19.0 Å². The van der Waals surface area contributed by atoms with Crippen LogP contribution in [0.25, 0.3) is 0 Å². The van der Waals surface area contributed by atoms with Crippen molar-refractivity contribution >= 4 is 51.4 Å². The minimum atomic E-state index is -4.81. The third-order valence-electron chi connectivity index (χ3n) is 3.60. The van der Waals surface area contributed by atoms with Gasteiger partial charge in [-0.05, 0) is 30.7 Å². The van der Waals surface area contributed by atoms with Crippen molar-refractivity contribution in [2.24, 2.45) is 0 Å². The molecule has 2 aromatic rings. The van der Waals surface area contributed by atoms with Crippen molar-refractivity contribution in [1.29, 1.82) is 0 Å². The fourth-order valence-corrected chi connectivity index (χ4v) is 4.68. The molecule has 7 nitrogen and oxygen atoms in total. The van der Waals surface area contributed by atoms with Crippen LogP contribution in [0, 0.1) is 10.1 Å². The first kappa shape index (κ1) is 19.8. The Kier molecular flexibility index (Phi) is 5.32. The minimum absolute atomic E-state index is 0.0585. The largest absolute Gasteiger partial charge is 0.418 e. The number of hydrogen-bond acceptors (Lipinski definition) is 7. The van der Waals surface area contributed by atoms with Gasteiger partial charge in [-0.1, -0.05) is 22.9 Å². The summed E-state index contributed by atoms with van der Waals surface area (Å²) in [6.07, 6.45) is -3.11. The van der Waals surface area contributed by atoms with Crippen LogP contribution in [-0.4, -0.2) is 27.1 Å². The molecule has 0 aliphatic heterocycles. The fourth-order valence-electron chi connectivity index (χ4n) is 2.30. The number of halogens is 4. The molecular formula is C14H10ClF3N4O3S2. The highest BCUT2D eigenvalue weighted by molar-refractivity contribution is 8.01. The van der Waals surface area contributed by atoms with Crippen molar-refractivity contribution in [3.05, 3.63) is 32.8 Å². The number of benzene rings is 1. The lowest BCUT2D eigenvalue weighted by Crippen LogP contribution is -2.30. The Balaban J connectivity index is 1.93. The molecule has 144 valence electrons. The SMILES string of the molecule is CC(=O)N(c1nnc(Sc2cc(Cl)c(C(F)(F)F)cc2[N+](=O)[O-])s1)C1CC1. The van der Waals surface area contributed by atoms with Gasteiger partial charge in [0.1, 0.15) is 0 Å². The van der Waals surface area contributed by atoms with Crippen molar-refractivity contribution in [3.8, 4) is 0 Å². The average molecular weight is 439 g/mol. The summed E-state index contributed by atoms with van der Waals surface area (Å²) in [5, 5.41) is 18.7. The average Bonchev–Trinajstić information content (AvgIpc) is 3.25. The second-order valence-electron chi connectivity index (χ2n) is 5.63. The second kappa shape index (κ2) is 7.24. The van der Waals surface area contributed by atoms with Gasteiger partial charge in [0.25, 0.3) is 5.69 Å². The maximum atomic E-state index is 12.9.